The maximum Gasteiger partial charge on any atom is 0.191 e. The van der Waals surface area contributed by atoms with E-state index in [0.29, 0.717) is 0 Å². The second-order valence-electron chi connectivity index (χ2n) is 5.33. The van der Waals surface area contributed by atoms with Gasteiger partial charge in [-0.05, 0) is 26.7 Å². The summed E-state index contributed by atoms with van der Waals surface area (Å²) in [6, 6.07) is 0. The van der Waals surface area contributed by atoms with Crippen molar-refractivity contribution in [3.05, 3.63) is 0 Å². The molecule has 0 aromatic heterocycles. The fourth-order valence-electron chi connectivity index (χ4n) is 1.83. The summed E-state index contributed by atoms with van der Waals surface area (Å²) in [4.78, 5) is 4.62. The highest BCUT2D eigenvalue weighted by molar-refractivity contribution is 14.0. The number of ether oxygens (including phenoxy) is 2. The molecule has 2 N–H and O–H groups in total. The van der Waals surface area contributed by atoms with E-state index in [-0.39, 0.29) is 29.4 Å². The Morgan fingerprint density at radius 3 is 2.55 bits per heavy atom. The van der Waals surface area contributed by atoms with E-state index in [1.165, 1.54) is 0 Å². The fraction of sp³-hybridized carbons (Fsp3) is 0.929. The molecule has 0 aromatic carbocycles. The number of aliphatic imine (C=N–C) groups is 1. The first-order valence-electron chi connectivity index (χ1n) is 7.38. The number of halogens is 1. The van der Waals surface area contributed by atoms with Gasteiger partial charge in [0.1, 0.15) is 0 Å². The van der Waals surface area contributed by atoms with Crippen molar-refractivity contribution >= 4 is 29.9 Å². The van der Waals surface area contributed by atoms with Crippen LogP contribution in [0.1, 0.15) is 33.6 Å². The third-order valence-electron chi connectivity index (χ3n) is 3.08. The lowest BCUT2D eigenvalue weighted by Gasteiger charge is -2.36. The number of nitrogens with one attached hydrogen (secondary N) is 2. The monoisotopic (exact) mass is 399 g/mol. The topological polar surface area (TPSA) is 54.9 Å². The molecule has 0 aromatic rings. The maximum atomic E-state index is 5.31. The Balaban J connectivity index is 0.00000361. The van der Waals surface area contributed by atoms with Crippen molar-refractivity contribution < 1.29 is 9.47 Å². The predicted octanol–water partition coefficient (Wildman–Crippen LogP) is 2.01. The third-order valence-corrected chi connectivity index (χ3v) is 3.08. The third kappa shape index (κ3) is 8.26. The Bertz CT molecular complexity index is 271. The standard InChI is InChI=1S/C14H29N3O2.HI/c1-4-15-13(16-8-6-7-9-18-5-2)17-10-14(3)11-19-12-14;/h4-12H2,1-3H3,(H2,15,16,17);1H. The zero-order valence-electron chi connectivity index (χ0n) is 13.0. The minimum absolute atomic E-state index is 0. The van der Waals surface area contributed by atoms with E-state index in [0.717, 1.165) is 64.9 Å². The molecule has 1 fully saturated rings. The van der Waals surface area contributed by atoms with Gasteiger partial charge >= 0.3 is 0 Å². The first-order chi connectivity index (χ1) is 9.20. The predicted molar refractivity (Wildman–Crippen MR) is 94.0 cm³/mol. The van der Waals surface area contributed by atoms with Crippen molar-refractivity contribution in [1.29, 1.82) is 0 Å². The van der Waals surface area contributed by atoms with Gasteiger partial charge < -0.3 is 20.1 Å². The molecule has 0 spiro atoms. The number of hydrogen-bond donors (Lipinski definition) is 2. The van der Waals surface area contributed by atoms with E-state index in [9.17, 15) is 0 Å². The molecule has 0 bridgehead atoms. The van der Waals surface area contributed by atoms with Crippen molar-refractivity contribution in [2.45, 2.75) is 33.6 Å². The van der Waals surface area contributed by atoms with Crippen LogP contribution in [0.3, 0.4) is 0 Å². The minimum Gasteiger partial charge on any atom is -0.382 e. The van der Waals surface area contributed by atoms with Gasteiger partial charge in [0, 0.05) is 31.7 Å². The Kier molecular flexibility index (Phi) is 11.5. The van der Waals surface area contributed by atoms with Crippen molar-refractivity contribution in [1.82, 2.24) is 10.6 Å². The number of nitrogens with zero attached hydrogens (tertiary/aromatic N) is 1. The highest BCUT2D eigenvalue weighted by atomic mass is 127. The second kappa shape index (κ2) is 11.6. The summed E-state index contributed by atoms with van der Waals surface area (Å²) in [5.41, 5.74) is 0.233. The van der Waals surface area contributed by atoms with Crippen LogP contribution >= 0.6 is 24.0 Å². The lowest BCUT2D eigenvalue weighted by atomic mass is 9.89. The van der Waals surface area contributed by atoms with Gasteiger partial charge in [-0.15, -0.1) is 24.0 Å². The molecule has 1 aliphatic heterocycles. The summed E-state index contributed by atoms with van der Waals surface area (Å²) in [6.45, 7) is 12.3. The summed E-state index contributed by atoms with van der Waals surface area (Å²) < 4.78 is 10.6. The quantitative estimate of drug-likeness (QED) is 0.270. The summed E-state index contributed by atoms with van der Waals surface area (Å²) in [5, 5.41) is 6.63. The van der Waals surface area contributed by atoms with Crippen LogP contribution in [-0.4, -0.2) is 52.0 Å². The highest BCUT2D eigenvalue weighted by Gasteiger charge is 2.33. The van der Waals surface area contributed by atoms with Crippen LogP contribution in [0, 0.1) is 5.41 Å². The Labute approximate surface area is 140 Å². The van der Waals surface area contributed by atoms with E-state index >= 15 is 0 Å². The molecule has 0 amide bonds. The average Bonchev–Trinajstić information content (AvgIpc) is 2.37. The fourth-order valence-corrected chi connectivity index (χ4v) is 1.83. The van der Waals surface area contributed by atoms with Crippen LogP contribution in [0.15, 0.2) is 4.99 Å². The van der Waals surface area contributed by atoms with Crippen LogP contribution < -0.4 is 10.6 Å². The second-order valence-corrected chi connectivity index (χ2v) is 5.33. The Morgan fingerprint density at radius 1 is 1.25 bits per heavy atom. The molecule has 0 unspecified atom stereocenters. The van der Waals surface area contributed by atoms with Gasteiger partial charge in [0.15, 0.2) is 5.96 Å². The molecule has 1 heterocycles. The molecule has 0 aliphatic carbocycles. The normalized spacial score (nSPS) is 17.1. The van der Waals surface area contributed by atoms with Crippen LogP contribution in [0.2, 0.25) is 0 Å². The lowest BCUT2D eigenvalue weighted by molar-refractivity contribution is -0.0945. The van der Waals surface area contributed by atoms with E-state index in [4.69, 9.17) is 9.47 Å². The van der Waals surface area contributed by atoms with Crippen molar-refractivity contribution in [3.63, 3.8) is 0 Å². The summed E-state index contributed by atoms with van der Waals surface area (Å²) in [6.07, 6.45) is 2.19. The molecule has 1 aliphatic rings. The van der Waals surface area contributed by atoms with Crippen LogP contribution in [-0.2, 0) is 9.47 Å². The first-order valence-corrected chi connectivity index (χ1v) is 7.38. The summed E-state index contributed by atoms with van der Waals surface area (Å²) >= 11 is 0. The van der Waals surface area contributed by atoms with Gasteiger partial charge in [0.05, 0.1) is 19.8 Å². The molecule has 5 nitrogen and oxygen atoms in total. The van der Waals surface area contributed by atoms with Gasteiger partial charge in [0.25, 0.3) is 0 Å². The lowest BCUT2D eigenvalue weighted by Crippen LogP contribution is -2.44. The SMILES string of the molecule is CCNC(=NCC1(C)COC1)NCCCCOCC.I. The number of guanidine groups is 1. The Hall–Kier alpha value is -0.0800. The Morgan fingerprint density at radius 2 is 2.00 bits per heavy atom. The largest absolute Gasteiger partial charge is 0.382 e. The summed E-state index contributed by atoms with van der Waals surface area (Å²) in [7, 11) is 0. The first kappa shape index (κ1) is 19.9. The van der Waals surface area contributed by atoms with Crippen molar-refractivity contribution in [2.24, 2.45) is 10.4 Å². The van der Waals surface area contributed by atoms with Gasteiger partial charge in [0.2, 0.25) is 0 Å². The maximum absolute atomic E-state index is 5.31. The van der Waals surface area contributed by atoms with Gasteiger partial charge in [-0.2, -0.15) is 0 Å². The highest BCUT2D eigenvalue weighted by Crippen LogP contribution is 2.26. The summed E-state index contributed by atoms with van der Waals surface area (Å²) in [5.74, 6) is 0.909. The van der Waals surface area contributed by atoms with Crippen LogP contribution in [0.4, 0.5) is 0 Å². The molecule has 6 heteroatoms. The number of unbranched alkanes of at least 4 members (excludes halogenated alkanes) is 1. The molecule has 1 rings (SSSR count). The van der Waals surface area contributed by atoms with Crippen molar-refractivity contribution in [3.8, 4) is 0 Å². The molecule has 0 atom stereocenters. The minimum atomic E-state index is 0. The van der Waals surface area contributed by atoms with Gasteiger partial charge in [-0.25, -0.2) is 0 Å². The van der Waals surface area contributed by atoms with E-state index in [1.807, 2.05) is 6.92 Å². The smallest absolute Gasteiger partial charge is 0.191 e. The molecule has 120 valence electrons. The zero-order chi connectivity index (χ0) is 14.0. The molecule has 20 heavy (non-hydrogen) atoms. The molecule has 1 saturated heterocycles. The average molecular weight is 399 g/mol. The van der Waals surface area contributed by atoms with E-state index in [1.54, 1.807) is 0 Å². The molecule has 0 saturated carbocycles. The molecular formula is C14H30IN3O2. The van der Waals surface area contributed by atoms with Gasteiger partial charge in [-0.1, -0.05) is 6.92 Å². The van der Waals surface area contributed by atoms with E-state index in [2.05, 4.69) is 29.5 Å². The van der Waals surface area contributed by atoms with Crippen LogP contribution in [0.25, 0.3) is 0 Å². The number of hydrogen-bond acceptors (Lipinski definition) is 3. The van der Waals surface area contributed by atoms with Crippen LogP contribution in [0.5, 0.6) is 0 Å². The number of rotatable bonds is 9. The molecular weight excluding hydrogens is 369 g/mol. The zero-order valence-corrected chi connectivity index (χ0v) is 15.4. The van der Waals surface area contributed by atoms with E-state index < -0.39 is 0 Å². The van der Waals surface area contributed by atoms with Crippen molar-refractivity contribution in [2.75, 3.05) is 46.1 Å². The van der Waals surface area contributed by atoms with Gasteiger partial charge in [-0.3, -0.25) is 4.99 Å². The molecule has 0 radical (unpaired) electrons.